The van der Waals surface area contributed by atoms with Gasteiger partial charge in [-0.1, -0.05) is 78.0 Å². The van der Waals surface area contributed by atoms with Crippen LogP contribution in [0.15, 0.2) is 0 Å². The van der Waals surface area contributed by atoms with Crippen molar-refractivity contribution in [2.45, 2.75) is 90.8 Å². The van der Waals surface area contributed by atoms with Crippen LogP contribution in [0.25, 0.3) is 0 Å². The fourth-order valence-electron chi connectivity index (χ4n) is 3.12. The normalized spacial score (nSPS) is 37.7. The van der Waals surface area contributed by atoms with Crippen molar-refractivity contribution in [1.82, 2.24) is 0 Å². The standard InChI is InChI=1S/C16H31B/c1-14(2)15(3)10-6-5-7-12-16(4,17)13-9-8-11-15/h14H,5-13H2,1-4H3. The van der Waals surface area contributed by atoms with Gasteiger partial charge >= 0.3 is 0 Å². The second kappa shape index (κ2) is 6.30. The molecule has 1 fully saturated rings. The van der Waals surface area contributed by atoms with E-state index >= 15 is 0 Å². The summed E-state index contributed by atoms with van der Waals surface area (Å²) in [7, 11) is 6.35. The summed E-state index contributed by atoms with van der Waals surface area (Å²) in [4.78, 5) is 0. The van der Waals surface area contributed by atoms with E-state index in [-0.39, 0.29) is 5.31 Å². The van der Waals surface area contributed by atoms with Crippen molar-refractivity contribution >= 4 is 7.85 Å². The monoisotopic (exact) mass is 234 g/mol. The predicted molar refractivity (Wildman–Crippen MR) is 78.6 cm³/mol. The Hall–Kier alpha value is 0.0649. The van der Waals surface area contributed by atoms with E-state index in [0.717, 1.165) is 5.92 Å². The first kappa shape index (κ1) is 15.1. The molecule has 1 saturated carbocycles. The molecule has 1 heteroatoms. The number of hydrogen-bond donors (Lipinski definition) is 0. The van der Waals surface area contributed by atoms with E-state index in [9.17, 15) is 0 Å². The molecule has 2 unspecified atom stereocenters. The molecule has 2 radical (unpaired) electrons. The molecule has 0 amide bonds. The van der Waals surface area contributed by atoms with Gasteiger partial charge in [0.05, 0.1) is 7.85 Å². The van der Waals surface area contributed by atoms with Crippen LogP contribution in [0.4, 0.5) is 0 Å². The fourth-order valence-corrected chi connectivity index (χ4v) is 3.12. The van der Waals surface area contributed by atoms with Crippen LogP contribution in [0.5, 0.6) is 0 Å². The topological polar surface area (TPSA) is 0 Å². The van der Waals surface area contributed by atoms with E-state index in [0.29, 0.717) is 5.41 Å². The highest BCUT2D eigenvalue weighted by atomic mass is 14.3. The second-order valence-corrected chi connectivity index (χ2v) is 7.23. The third-order valence-electron chi connectivity index (χ3n) is 5.14. The maximum Gasteiger partial charge on any atom is 0.0742 e. The van der Waals surface area contributed by atoms with Gasteiger partial charge < -0.3 is 0 Å². The van der Waals surface area contributed by atoms with Crippen LogP contribution in [0.3, 0.4) is 0 Å². The van der Waals surface area contributed by atoms with Crippen molar-refractivity contribution in [2.24, 2.45) is 11.3 Å². The van der Waals surface area contributed by atoms with E-state index in [4.69, 9.17) is 7.85 Å². The smallest absolute Gasteiger partial charge is 0.0688 e. The highest BCUT2D eigenvalue weighted by Crippen LogP contribution is 2.41. The van der Waals surface area contributed by atoms with Crippen molar-refractivity contribution < 1.29 is 0 Å². The summed E-state index contributed by atoms with van der Waals surface area (Å²) in [6.07, 6.45) is 12.0. The molecule has 0 aromatic rings. The summed E-state index contributed by atoms with van der Waals surface area (Å²) in [5.41, 5.74) is 0.565. The number of hydrogen-bond acceptors (Lipinski definition) is 0. The first-order valence-electron chi connectivity index (χ1n) is 7.65. The van der Waals surface area contributed by atoms with E-state index in [1.807, 2.05) is 0 Å². The largest absolute Gasteiger partial charge is 0.0742 e. The Balaban J connectivity index is 2.56. The minimum absolute atomic E-state index is 0.0958. The molecule has 0 N–H and O–H groups in total. The summed E-state index contributed by atoms with van der Waals surface area (Å²) in [6, 6.07) is 0. The zero-order chi connectivity index (χ0) is 12.9. The van der Waals surface area contributed by atoms with E-state index < -0.39 is 0 Å². The minimum Gasteiger partial charge on any atom is -0.0688 e. The van der Waals surface area contributed by atoms with Gasteiger partial charge in [0.25, 0.3) is 0 Å². The van der Waals surface area contributed by atoms with Gasteiger partial charge in [0.1, 0.15) is 0 Å². The zero-order valence-electron chi connectivity index (χ0n) is 12.5. The summed E-state index contributed by atoms with van der Waals surface area (Å²) in [5.74, 6) is 0.813. The molecule has 0 aliphatic heterocycles. The van der Waals surface area contributed by atoms with Gasteiger partial charge in [-0.3, -0.25) is 0 Å². The van der Waals surface area contributed by atoms with Gasteiger partial charge in [0.15, 0.2) is 0 Å². The van der Waals surface area contributed by atoms with Crippen LogP contribution in [0, 0.1) is 11.3 Å². The van der Waals surface area contributed by atoms with Crippen LogP contribution in [-0.2, 0) is 0 Å². The average molecular weight is 234 g/mol. The zero-order valence-corrected chi connectivity index (χ0v) is 12.5. The highest BCUT2D eigenvalue weighted by molar-refractivity contribution is 6.14. The van der Waals surface area contributed by atoms with Gasteiger partial charge in [-0.2, -0.15) is 0 Å². The molecule has 1 aliphatic carbocycles. The van der Waals surface area contributed by atoms with Crippen molar-refractivity contribution in [1.29, 1.82) is 0 Å². The molecular weight excluding hydrogens is 203 g/mol. The van der Waals surface area contributed by atoms with E-state index in [1.165, 1.54) is 57.8 Å². The third-order valence-corrected chi connectivity index (χ3v) is 5.14. The van der Waals surface area contributed by atoms with Gasteiger partial charge in [-0.25, -0.2) is 0 Å². The van der Waals surface area contributed by atoms with Crippen molar-refractivity contribution in [3.05, 3.63) is 0 Å². The number of rotatable bonds is 1. The lowest BCUT2D eigenvalue weighted by molar-refractivity contribution is 0.170. The van der Waals surface area contributed by atoms with E-state index in [2.05, 4.69) is 27.7 Å². The molecular formula is C16H31B. The molecule has 98 valence electrons. The Morgan fingerprint density at radius 3 is 1.71 bits per heavy atom. The lowest BCUT2D eigenvalue weighted by Gasteiger charge is -2.34. The van der Waals surface area contributed by atoms with Gasteiger partial charge in [0, 0.05) is 0 Å². The maximum absolute atomic E-state index is 6.35. The Morgan fingerprint density at radius 1 is 0.765 bits per heavy atom. The Morgan fingerprint density at radius 2 is 1.18 bits per heavy atom. The summed E-state index contributed by atoms with van der Waals surface area (Å²) in [5, 5.41) is 0.0958. The first-order valence-corrected chi connectivity index (χ1v) is 7.65. The molecule has 0 bridgehead atoms. The van der Waals surface area contributed by atoms with Gasteiger partial charge in [0.2, 0.25) is 0 Å². The molecule has 0 aromatic carbocycles. The Kier molecular flexibility index (Phi) is 5.60. The summed E-state index contributed by atoms with van der Waals surface area (Å²) >= 11 is 0. The summed E-state index contributed by atoms with van der Waals surface area (Å²) < 4.78 is 0. The molecule has 0 nitrogen and oxygen atoms in total. The molecule has 1 rings (SSSR count). The van der Waals surface area contributed by atoms with Crippen LogP contribution in [0.2, 0.25) is 5.31 Å². The summed E-state index contributed by atoms with van der Waals surface area (Å²) in [6.45, 7) is 9.53. The lowest BCUT2D eigenvalue weighted by Crippen LogP contribution is -2.23. The fraction of sp³-hybridized carbons (Fsp3) is 1.00. The molecule has 0 aromatic heterocycles. The average Bonchev–Trinajstić information content (AvgIpc) is 2.25. The Labute approximate surface area is 110 Å². The first-order chi connectivity index (χ1) is 7.86. The van der Waals surface area contributed by atoms with Crippen LogP contribution in [0.1, 0.15) is 85.5 Å². The molecule has 0 heterocycles. The quantitative estimate of drug-likeness (QED) is 0.524. The van der Waals surface area contributed by atoms with E-state index in [1.54, 1.807) is 0 Å². The molecule has 17 heavy (non-hydrogen) atoms. The van der Waals surface area contributed by atoms with Crippen LogP contribution < -0.4 is 0 Å². The SMILES string of the molecule is [B]C1(C)CCCCCC(C)(C(C)C)CCCC1. The maximum atomic E-state index is 6.35. The van der Waals surface area contributed by atoms with Crippen molar-refractivity contribution in [3.63, 3.8) is 0 Å². The molecule has 0 spiro atoms. The lowest BCUT2D eigenvalue weighted by atomic mass is 9.64. The minimum atomic E-state index is 0.0958. The molecule has 1 aliphatic rings. The molecule has 0 saturated heterocycles. The van der Waals surface area contributed by atoms with Crippen LogP contribution >= 0.6 is 0 Å². The van der Waals surface area contributed by atoms with Gasteiger partial charge in [-0.15, -0.1) is 0 Å². The third kappa shape index (κ3) is 5.06. The molecule has 2 atom stereocenters. The van der Waals surface area contributed by atoms with Crippen molar-refractivity contribution in [2.75, 3.05) is 0 Å². The Bertz CT molecular complexity index is 220. The predicted octanol–water partition coefficient (Wildman–Crippen LogP) is 5.52. The second-order valence-electron chi connectivity index (χ2n) is 7.23. The van der Waals surface area contributed by atoms with Crippen LogP contribution in [-0.4, -0.2) is 7.85 Å². The van der Waals surface area contributed by atoms with Crippen molar-refractivity contribution in [3.8, 4) is 0 Å². The van der Waals surface area contributed by atoms with Gasteiger partial charge in [-0.05, 0) is 24.2 Å². The highest BCUT2D eigenvalue weighted by Gasteiger charge is 2.28.